The number of likely N-dealkylation sites (N-methyl/N-ethyl adjacent to an activating group) is 2. The van der Waals surface area contributed by atoms with E-state index in [0.29, 0.717) is 126 Å². The molecule has 4 saturated heterocycles. The Labute approximate surface area is 487 Å². The number of carbonyl (C=O) groups excluding carboxylic acids is 2. The summed E-state index contributed by atoms with van der Waals surface area (Å²) >= 11 is 0. The van der Waals surface area contributed by atoms with Crippen LogP contribution in [0.1, 0.15) is 108 Å². The molecule has 4 fully saturated rings. The van der Waals surface area contributed by atoms with E-state index in [4.69, 9.17) is 29.4 Å². The SMILES string of the molecule is C=CC(=O)N1CCN(c2nc(OC[C@@H]3CCCN3C)nc3c2CCCN(c2cc(C4C[C@@H](COc5nc6c(c(N7CCN(C(=O)C=C)C(CC#N)C7)n5)CCCN(c5cccc(F)c5C(F)F)C6)N(C)C4)cc(C(F)F)c2C)C3)CC1CC#N. The number of likely N-dealkylation sites (tertiary alicyclic amines) is 2. The molecule has 18 nitrogen and oxygen atoms in total. The van der Waals surface area contributed by atoms with Crippen molar-refractivity contribution in [1.29, 1.82) is 10.5 Å². The van der Waals surface area contributed by atoms with Gasteiger partial charge in [0.05, 0.1) is 67.1 Å². The van der Waals surface area contributed by atoms with Gasteiger partial charge in [0.15, 0.2) is 0 Å². The van der Waals surface area contributed by atoms with Crippen LogP contribution in [0, 0.1) is 35.4 Å². The summed E-state index contributed by atoms with van der Waals surface area (Å²) in [4.78, 5) is 61.5. The lowest BCUT2D eigenvalue weighted by Crippen LogP contribution is -2.55. The number of rotatable bonds is 17. The van der Waals surface area contributed by atoms with Crippen LogP contribution in [0.3, 0.4) is 0 Å². The maximum absolute atomic E-state index is 15.3. The van der Waals surface area contributed by atoms with Crippen LogP contribution in [0.5, 0.6) is 12.0 Å². The van der Waals surface area contributed by atoms with Crippen molar-refractivity contribution in [3.63, 3.8) is 0 Å². The topological polar surface area (TPSA) is 178 Å². The second-order valence-electron chi connectivity index (χ2n) is 22.9. The average Bonchev–Trinajstić information content (AvgIpc) is 3.47. The van der Waals surface area contributed by atoms with Gasteiger partial charge in [-0.25, -0.2) is 22.0 Å². The molecule has 0 aliphatic carbocycles. The van der Waals surface area contributed by atoms with Crippen molar-refractivity contribution in [2.24, 2.45) is 0 Å². The fraction of sp³-hybridized carbons (Fsp3) is 0.541. The number of ether oxygens (including phenoxy) is 2. The van der Waals surface area contributed by atoms with Crippen LogP contribution in [-0.2, 0) is 35.5 Å². The van der Waals surface area contributed by atoms with Gasteiger partial charge >= 0.3 is 12.0 Å². The lowest BCUT2D eigenvalue weighted by Gasteiger charge is -2.41. The van der Waals surface area contributed by atoms with Crippen LogP contribution in [0.4, 0.5) is 45.0 Å². The van der Waals surface area contributed by atoms with E-state index < -0.39 is 30.3 Å². The molecule has 0 radical (unpaired) electrons. The molecule has 8 heterocycles. The Morgan fingerprint density at radius 2 is 1.24 bits per heavy atom. The first-order valence-electron chi connectivity index (χ1n) is 29.1. The van der Waals surface area contributed by atoms with Crippen LogP contribution in [0.25, 0.3) is 0 Å². The minimum absolute atomic E-state index is 0.0368. The predicted octanol–water partition coefficient (Wildman–Crippen LogP) is 8.07. The van der Waals surface area contributed by atoms with Gasteiger partial charge in [-0.1, -0.05) is 19.2 Å². The number of nitrogens with zero attached hydrogens (tertiary/aromatic N) is 14. The third-order valence-electron chi connectivity index (χ3n) is 17.9. The third kappa shape index (κ3) is 12.6. The van der Waals surface area contributed by atoms with Gasteiger partial charge in [0.2, 0.25) is 11.8 Å². The molecule has 446 valence electrons. The fourth-order valence-corrected chi connectivity index (χ4v) is 13.3. The number of alkyl halides is 4. The highest BCUT2D eigenvalue weighted by Gasteiger charge is 2.38. The van der Waals surface area contributed by atoms with Gasteiger partial charge in [-0.15, -0.1) is 0 Å². The number of anilines is 4. The van der Waals surface area contributed by atoms with Gasteiger partial charge in [0.25, 0.3) is 12.9 Å². The first-order chi connectivity index (χ1) is 40.6. The van der Waals surface area contributed by atoms with Crippen molar-refractivity contribution in [2.75, 3.05) is 112 Å². The number of piperazine rings is 2. The Kier molecular flexibility index (Phi) is 18.5. The van der Waals surface area contributed by atoms with Gasteiger partial charge < -0.3 is 43.8 Å². The second kappa shape index (κ2) is 26.1. The standard InChI is InChI=1S/C61H73F5N14O4/c1-6-53(81)79-26-24-77(32-41(79)17-19-67)58-45-13-10-22-75(51-16-8-15-48(62)55(51)57(65)66)34-49(45)69-61(72-58)84-37-44-28-40(31-74(44)5)39-29-47(56(63)64)38(3)52(30-39)76-23-11-14-46-50(35-76)70-60(83-36-43-12-9-21-73(43)4)71-59(46)78-25-27-80(54(82)7-2)42(33-78)18-20-68/h6-8,15-16,29-30,40-44,56-57H,1-2,9-14,17-18,21-28,31-37H2,3-5H3/t40?,41?,42?,43-,44-/m0/s1. The monoisotopic (exact) mass is 1160 g/mol. The van der Waals surface area contributed by atoms with Crippen molar-refractivity contribution in [3.8, 4) is 24.2 Å². The zero-order chi connectivity index (χ0) is 59.3. The number of aromatic nitrogens is 4. The summed E-state index contributed by atoms with van der Waals surface area (Å²) in [6, 6.07) is 11.4. The van der Waals surface area contributed by atoms with Crippen LogP contribution >= 0.6 is 0 Å². The summed E-state index contributed by atoms with van der Waals surface area (Å²) in [5.41, 5.74) is 4.20. The number of carbonyl (C=O) groups is 2. The third-order valence-corrected chi connectivity index (χ3v) is 17.9. The fourth-order valence-electron chi connectivity index (χ4n) is 13.3. The maximum Gasteiger partial charge on any atom is 0.318 e. The first kappa shape index (κ1) is 59.5. The van der Waals surface area contributed by atoms with E-state index >= 15 is 13.2 Å². The molecule has 84 heavy (non-hydrogen) atoms. The molecule has 4 aromatic rings. The van der Waals surface area contributed by atoms with E-state index in [1.54, 1.807) is 27.7 Å². The molecular weight excluding hydrogens is 1090 g/mol. The molecule has 0 bridgehead atoms. The summed E-state index contributed by atoms with van der Waals surface area (Å²) < 4.78 is 87.6. The smallest absolute Gasteiger partial charge is 0.318 e. The quantitative estimate of drug-likeness (QED) is 0.0732. The summed E-state index contributed by atoms with van der Waals surface area (Å²) in [6.45, 7) is 14.5. The number of benzene rings is 2. The summed E-state index contributed by atoms with van der Waals surface area (Å²) in [6.07, 6.45) is 1.74. The predicted molar refractivity (Wildman–Crippen MR) is 307 cm³/mol. The minimum atomic E-state index is -3.06. The number of halogens is 5. The first-order valence-corrected chi connectivity index (χ1v) is 29.1. The molecule has 2 aromatic carbocycles. The summed E-state index contributed by atoms with van der Waals surface area (Å²) in [7, 11) is 4.04. The van der Waals surface area contributed by atoms with E-state index in [1.807, 2.05) is 18.0 Å². The minimum Gasteiger partial charge on any atom is -0.462 e. The van der Waals surface area contributed by atoms with Crippen LogP contribution in [0.15, 0.2) is 55.6 Å². The lowest BCUT2D eigenvalue weighted by atomic mass is 9.91. The summed E-state index contributed by atoms with van der Waals surface area (Å²) in [5, 5.41) is 19.6. The van der Waals surface area contributed by atoms with Crippen molar-refractivity contribution in [3.05, 3.63) is 106 Å². The molecule has 6 aliphatic heterocycles. The van der Waals surface area contributed by atoms with E-state index in [2.05, 4.69) is 51.9 Å². The molecule has 3 unspecified atom stereocenters. The molecule has 0 saturated carbocycles. The van der Waals surface area contributed by atoms with Gasteiger partial charge in [-0.2, -0.15) is 30.5 Å². The molecule has 5 atom stereocenters. The van der Waals surface area contributed by atoms with Gasteiger partial charge in [0.1, 0.15) is 30.7 Å². The van der Waals surface area contributed by atoms with E-state index in [9.17, 15) is 28.9 Å². The van der Waals surface area contributed by atoms with Gasteiger partial charge in [-0.05, 0) is 126 Å². The highest BCUT2D eigenvalue weighted by Crippen LogP contribution is 2.42. The van der Waals surface area contributed by atoms with Crippen LogP contribution in [0.2, 0.25) is 0 Å². The molecule has 2 aromatic heterocycles. The summed E-state index contributed by atoms with van der Waals surface area (Å²) in [5.74, 6) is -0.451. The molecule has 6 aliphatic rings. The van der Waals surface area contributed by atoms with E-state index in [-0.39, 0.29) is 91.7 Å². The number of nitriles is 2. The average molecular weight is 1160 g/mol. The molecule has 0 N–H and O–H groups in total. The van der Waals surface area contributed by atoms with Crippen molar-refractivity contribution in [2.45, 2.75) is 121 Å². The molecular formula is C61H73F5N14O4. The van der Waals surface area contributed by atoms with Crippen LogP contribution < -0.4 is 29.1 Å². The zero-order valence-corrected chi connectivity index (χ0v) is 48.0. The Balaban J connectivity index is 0.923. The van der Waals surface area contributed by atoms with Crippen molar-refractivity contribution < 1.29 is 41.0 Å². The Hall–Kier alpha value is -7.63. The Bertz CT molecular complexity index is 3190. The number of hydrogen-bond acceptors (Lipinski definition) is 16. The molecule has 10 rings (SSSR count). The normalized spacial score (nSPS) is 22.3. The highest BCUT2D eigenvalue weighted by molar-refractivity contribution is 5.88. The highest BCUT2D eigenvalue weighted by atomic mass is 19.3. The van der Waals surface area contributed by atoms with Gasteiger partial charge in [0, 0.05) is 99.1 Å². The van der Waals surface area contributed by atoms with Crippen molar-refractivity contribution >= 4 is 34.8 Å². The van der Waals surface area contributed by atoms with E-state index in [0.717, 1.165) is 47.8 Å². The second-order valence-corrected chi connectivity index (χ2v) is 22.9. The number of amides is 2. The van der Waals surface area contributed by atoms with Crippen LogP contribution in [-0.4, -0.2) is 168 Å². The number of fused-ring (bicyclic) bond motifs is 2. The maximum atomic E-state index is 15.3. The van der Waals surface area contributed by atoms with E-state index in [1.165, 1.54) is 24.3 Å². The molecule has 23 heteroatoms. The Morgan fingerprint density at radius 1 is 0.679 bits per heavy atom. The number of hydrogen-bond donors (Lipinski definition) is 0. The Morgan fingerprint density at radius 3 is 1.75 bits per heavy atom. The largest absolute Gasteiger partial charge is 0.462 e. The lowest BCUT2D eigenvalue weighted by molar-refractivity contribution is -0.129. The van der Waals surface area contributed by atoms with Crippen molar-refractivity contribution in [1.82, 2.24) is 39.5 Å². The molecule has 0 spiro atoms. The zero-order valence-electron chi connectivity index (χ0n) is 48.0. The van der Waals surface area contributed by atoms with Gasteiger partial charge in [-0.3, -0.25) is 14.5 Å². The molecule has 2 amide bonds.